The van der Waals surface area contributed by atoms with Gasteiger partial charge >= 0.3 is 18.2 Å². The Kier molecular flexibility index (Phi) is 7.97. The van der Waals surface area contributed by atoms with Crippen LogP contribution in [0.3, 0.4) is 0 Å². The highest BCUT2D eigenvalue weighted by molar-refractivity contribution is 5.74. The Morgan fingerprint density at radius 2 is 1.75 bits per heavy atom. The van der Waals surface area contributed by atoms with E-state index in [0.29, 0.717) is 5.92 Å². The summed E-state index contributed by atoms with van der Waals surface area (Å²) < 4.78 is 31.7. The number of amides is 2. The Morgan fingerprint density at radius 1 is 1.30 bits per heavy atom. The van der Waals surface area contributed by atoms with E-state index in [1.54, 1.807) is 0 Å². The standard InChI is InChI=1S/C9H19N3O.C2HF3O2/c1-8(2)7-11-9(13)12-5-3-10-4-6-12;3-2(4,5)1(6)7/h8,10H,3-7H2,1-2H3,(H,11,13);(H,6,7). The van der Waals surface area contributed by atoms with Crippen molar-refractivity contribution in [2.75, 3.05) is 32.7 Å². The number of hydrogen-bond acceptors (Lipinski definition) is 3. The van der Waals surface area contributed by atoms with Gasteiger partial charge in [-0.25, -0.2) is 9.59 Å². The molecule has 0 aromatic heterocycles. The SMILES string of the molecule is CC(C)CNC(=O)N1CCNCC1.O=C(O)C(F)(F)F. The summed E-state index contributed by atoms with van der Waals surface area (Å²) in [5.41, 5.74) is 0. The summed E-state index contributed by atoms with van der Waals surface area (Å²) in [5, 5.41) is 13.2. The number of nitrogens with one attached hydrogen (secondary N) is 2. The molecule has 3 N–H and O–H groups in total. The second-order valence-electron chi connectivity index (χ2n) is 4.62. The van der Waals surface area contributed by atoms with Crippen LogP contribution >= 0.6 is 0 Å². The van der Waals surface area contributed by atoms with Crippen LogP contribution in [0, 0.1) is 5.92 Å². The van der Waals surface area contributed by atoms with Gasteiger partial charge in [-0.1, -0.05) is 13.8 Å². The van der Waals surface area contributed by atoms with Crippen molar-refractivity contribution in [2.24, 2.45) is 5.92 Å². The number of carbonyl (C=O) groups is 2. The highest BCUT2D eigenvalue weighted by Gasteiger charge is 2.38. The first kappa shape index (κ1) is 18.5. The number of rotatable bonds is 2. The molecule has 0 aliphatic carbocycles. The molecule has 1 fully saturated rings. The zero-order valence-corrected chi connectivity index (χ0v) is 11.5. The molecular formula is C11H20F3N3O3. The molecule has 1 heterocycles. The van der Waals surface area contributed by atoms with E-state index in [1.807, 2.05) is 4.90 Å². The van der Waals surface area contributed by atoms with E-state index >= 15 is 0 Å². The van der Waals surface area contributed by atoms with Gasteiger partial charge in [-0.15, -0.1) is 0 Å². The number of hydrogen-bond donors (Lipinski definition) is 3. The molecule has 0 unspecified atom stereocenters. The van der Waals surface area contributed by atoms with Crippen LogP contribution in [0.2, 0.25) is 0 Å². The molecule has 0 atom stereocenters. The van der Waals surface area contributed by atoms with Crippen molar-refractivity contribution in [1.29, 1.82) is 0 Å². The minimum Gasteiger partial charge on any atom is -0.475 e. The van der Waals surface area contributed by atoms with Gasteiger partial charge in [0.25, 0.3) is 0 Å². The first-order valence-electron chi connectivity index (χ1n) is 6.18. The van der Waals surface area contributed by atoms with Crippen molar-refractivity contribution in [3.05, 3.63) is 0 Å². The van der Waals surface area contributed by atoms with Crippen molar-refractivity contribution in [2.45, 2.75) is 20.0 Å². The third-order valence-electron chi connectivity index (χ3n) is 2.31. The fraction of sp³-hybridized carbons (Fsp3) is 0.818. The molecule has 6 nitrogen and oxygen atoms in total. The number of carboxylic acid groups (broad SMARTS) is 1. The van der Waals surface area contributed by atoms with Gasteiger partial charge in [0, 0.05) is 32.7 Å². The Labute approximate surface area is 115 Å². The Morgan fingerprint density at radius 3 is 2.10 bits per heavy atom. The van der Waals surface area contributed by atoms with Gasteiger partial charge in [0.2, 0.25) is 0 Å². The van der Waals surface area contributed by atoms with Crippen LogP contribution in [0.25, 0.3) is 0 Å². The zero-order valence-electron chi connectivity index (χ0n) is 11.5. The lowest BCUT2D eigenvalue weighted by molar-refractivity contribution is -0.192. The van der Waals surface area contributed by atoms with E-state index < -0.39 is 12.1 Å². The molecule has 1 aliphatic rings. The molecule has 118 valence electrons. The van der Waals surface area contributed by atoms with Crippen molar-refractivity contribution in [1.82, 2.24) is 15.5 Å². The maximum Gasteiger partial charge on any atom is 0.490 e. The number of alkyl halides is 3. The fourth-order valence-corrected chi connectivity index (χ4v) is 1.27. The molecule has 0 spiro atoms. The molecule has 0 aromatic carbocycles. The topological polar surface area (TPSA) is 81.7 Å². The number of piperazine rings is 1. The van der Waals surface area contributed by atoms with Crippen LogP contribution in [-0.2, 0) is 4.79 Å². The summed E-state index contributed by atoms with van der Waals surface area (Å²) in [5.74, 6) is -2.24. The van der Waals surface area contributed by atoms with Gasteiger partial charge in [-0.05, 0) is 5.92 Å². The van der Waals surface area contributed by atoms with Crippen LogP contribution in [0.4, 0.5) is 18.0 Å². The zero-order chi connectivity index (χ0) is 15.8. The van der Waals surface area contributed by atoms with Gasteiger partial charge in [-0.3, -0.25) is 0 Å². The van der Waals surface area contributed by atoms with Gasteiger partial charge in [0.15, 0.2) is 0 Å². The predicted octanol–water partition coefficient (Wildman–Crippen LogP) is 0.890. The van der Waals surface area contributed by atoms with Crippen LogP contribution in [0.15, 0.2) is 0 Å². The number of aliphatic carboxylic acids is 1. The minimum absolute atomic E-state index is 0.0789. The highest BCUT2D eigenvalue weighted by atomic mass is 19.4. The molecule has 9 heteroatoms. The van der Waals surface area contributed by atoms with Crippen molar-refractivity contribution < 1.29 is 27.9 Å². The van der Waals surface area contributed by atoms with E-state index in [0.717, 1.165) is 32.7 Å². The number of carbonyl (C=O) groups excluding carboxylic acids is 1. The molecule has 0 bridgehead atoms. The molecule has 0 radical (unpaired) electrons. The number of halogens is 3. The Hall–Kier alpha value is -1.51. The average Bonchev–Trinajstić information content (AvgIpc) is 2.36. The first-order valence-corrected chi connectivity index (χ1v) is 6.18. The maximum atomic E-state index is 11.5. The van der Waals surface area contributed by atoms with Gasteiger partial charge in [0.05, 0.1) is 0 Å². The number of urea groups is 1. The van der Waals surface area contributed by atoms with Gasteiger partial charge in [0.1, 0.15) is 0 Å². The van der Waals surface area contributed by atoms with Crippen LogP contribution in [0.5, 0.6) is 0 Å². The largest absolute Gasteiger partial charge is 0.490 e. The lowest BCUT2D eigenvalue weighted by Crippen LogP contribution is -2.50. The highest BCUT2D eigenvalue weighted by Crippen LogP contribution is 2.13. The van der Waals surface area contributed by atoms with E-state index in [1.165, 1.54) is 0 Å². The molecule has 0 aromatic rings. The van der Waals surface area contributed by atoms with Crippen LogP contribution in [0.1, 0.15) is 13.8 Å². The summed E-state index contributed by atoms with van der Waals surface area (Å²) in [7, 11) is 0. The van der Waals surface area contributed by atoms with E-state index in [2.05, 4.69) is 24.5 Å². The third kappa shape index (κ3) is 8.57. The minimum atomic E-state index is -5.08. The summed E-state index contributed by atoms with van der Waals surface area (Å²) in [6, 6.07) is 0.0789. The Balaban J connectivity index is 0.000000441. The van der Waals surface area contributed by atoms with E-state index in [-0.39, 0.29) is 6.03 Å². The van der Waals surface area contributed by atoms with Crippen molar-refractivity contribution >= 4 is 12.0 Å². The predicted molar refractivity (Wildman–Crippen MR) is 66.4 cm³/mol. The second kappa shape index (κ2) is 8.62. The van der Waals surface area contributed by atoms with Crippen molar-refractivity contribution in [3.63, 3.8) is 0 Å². The quantitative estimate of drug-likeness (QED) is 0.707. The lowest BCUT2D eigenvalue weighted by atomic mass is 10.2. The molecule has 0 saturated carbocycles. The van der Waals surface area contributed by atoms with Crippen LogP contribution < -0.4 is 10.6 Å². The van der Waals surface area contributed by atoms with Gasteiger partial charge < -0.3 is 20.6 Å². The van der Waals surface area contributed by atoms with Gasteiger partial charge in [-0.2, -0.15) is 13.2 Å². The summed E-state index contributed by atoms with van der Waals surface area (Å²) in [6.45, 7) is 8.43. The number of carboxylic acids is 1. The summed E-state index contributed by atoms with van der Waals surface area (Å²) in [4.78, 5) is 22.2. The second-order valence-corrected chi connectivity index (χ2v) is 4.62. The summed E-state index contributed by atoms with van der Waals surface area (Å²) >= 11 is 0. The average molecular weight is 299 g/mol. The fourth-order valence-electron chi connectivity index (χ4n) is 1.27. The smallest absolute Gasteiger partial charge is 0.475 e. The maximum absolute atomic E-state index is 11.5. The first-order chi connectivity index (χ1) is 9.14. The monoisotopic (exact) mass is 299 g/mol. The lowest BCUT2D eigenvalue weighted by Gasteiger charge is -2.27. The number of nitrogens with zero attached hydrogens (tertiary/aromatic N) is 1. The molecule has 2 amide bonds. The normalized spacial score (nSPS) is 15.4. The molecular weight excluding hydrogens is 279 g/mol. The Bertz CT molecular complexity index is 316. The molecule has 1 rings (SSSR count). The van der Waals surface area contributed by atoms with E-state index in [9.17, 15) is 18.0 Å². The third-order valence-corrected chi connectivity index (χ3v) is 2.31. The molecule has 1 saturated heterocycles. The molecule has 20 heavy (non-hydrogen) atoms. The van der Waals surface area contributed by atoms with E-state index in [4.69, 9.17) is 9.90 Å². The van der Waals surface area contributed by atoms with Crippen LogP contribution in [-0.4, -0.2) is 60.9 Å². The van der Waals surface area contributed by atoms with Crippen molar-refractivity contribution in [3.8, 4) is 0 Å². The molecule has 1 aliphatic heterocycles. The summed E-state index contributed by atoms with van der Waals surface area (Å²) in [6.07, 6.45) is -5.08.